The zero-order valence-electron chi connectivity index (χ0n) is 9.04. The fraction of sp³-hybridized carbons (Fsp3) is 0.167. The fourth-order valence-corrected chi connectivity index (χ4v) is 1.54. The summed E-state index contributed by atoms with van der Waals surface area (Å²) in [4.78, 5) is 11.1. The van der Waals surface area contributed by atoms with Gasteiger partial charge in [0.15, 0.2) is 0 Å². The molecule has 0 aliphatic carbocycles. The summed E-state index contributed by atoms with van der Waals surface area (Å²) in [6.45, 7) is 2.02. The first-order chi connectivity index (χ1) is 8.10. The third-order valence-electron chi connectivity index (χ3n) is 1.92. The monoisotopic (exact) mass is 269 g/mol. The van der Waals surface area contributed by atoms with Gasteiger partial charge in [-0.05, 0) is 24.6 Å². The molecule has 0 aromatic heterocycles. The van der Waals surface area contributed by atoms with Crippen LogP contribution in [0.1, 0.15) is 18.1 Å². The third-order valence-corrected chi connectivity index (χ3v) is 2.73. The molecule has 0 atom stereocenters. The molecule has 0 aliphatic rings. The number of esters is 1. The maximum Gasteiger partial charge on any atom is 0.330 e. The van der Waals surface area contributed by atoms with E-state index in [1.807, 2.05) is 6.07 Å². The molecule has 0 aliphatic heterocycles. The molecule has 0 spiro atoms. The fourth-order valence-electron chi connectivity index (χ4n) is 1.17. The van der Waals surface area contributed by atoms with E-state index in [-0.39, 0.29) is 10.6 Å². The van der Waals surface area contributed by atoms with Crippen molar-refractivity contribution in [2.45, 2.75) is 6.92 Å². The Hall–Kier alpha value is -1.50. The zero-order valence-corrected chi connectivity index (χ0v) is 10.5. The number of hydrogen-bond acceptors (Lipinski definition) is 3. The highest BCUT2D eigenvalue weighted by Gasteiger charge is 2.08. The predicted octanol–water partition coefficient (Wildman–Crippen LogP) is 3.44. The first-order valence-electron chi connectivity index (χ1n) is 4.83. The molecule has 0 bridgehead atoms. The van der Waals surface area contributed by atoms with Gasteiger partial charge < -0.3 is 4.74 Å². The van der Waals surface area contributed by atoms with Gasteiger partial charge in [0, 0.05) is 6.08 Å². The van der Waals surface area contributed by atoms with Gasteiger partial charge in [0.1, 0.15) is 6.07 Å². The molecule has 0 unspecified atom stereocenters. The van der Waals surface area contributed by atoms with Crippen molar-refractivity contribution in [3.8, 4) is 6.07 Å². The van der Waals surface area contributed by atoms with E-state index >= 15 is 0 Å². The average Bonchev–Trinajstić information content (AvgIpc) is 2.31. The number of benzene rings is 1. The lowest BCUT2D eigenvalue weighted by atomic mass is 10.1. The van der Waals surface area contributed by atoms with E-state index in [9.17, 15) is 4.79 Å². The number of ether oxygens (including phenoxy) is 1. The molecule has 0 saturated heterocycles. The maximum absolute atomic E-state index is 11.1. The molecule has 1 rings (SSSR count). The van der Waals surface area contributed by atoms with Crippen molar-refractivity contribution in [1.29, 1.82) is 5.26 Å². The number of carbonyl (C=O) groups is 1. The molecule has 17 heavy (non-hydrogen) atoms. The molecule has 0 fully saturated rings. The summed E-state index contributed by atoms with van der Waals surface area (Å²) in [5.74, 6) is -0.470. The van der Waals surface area contributed by atoms with Crippen LogP contribution >= 0.6 is 23.2 Å². The van der Waals surface area contributed by atoms with Crippen LogP contribution in [0.15, 0.2) is 18.2 Å². The molecule has 3 nitrogen and oxygen atoms in total. The summed E-state index contributed by atoms with van der Waals surface area (Å²) in [5.41, 5.74) is 0.759. The van der Waals surface area contributed by atoms with Gasteiger partial charge in [-0.15, -0.1) is 0 Å². The summed E-state index contributed by atoms with van der Waals surface area (Å²) >= 11 is 11.6. The van der Waals surface area contributed by atoms with Crippen LogP contribution in [0.2, 0.25) is 10.0 Å². The highest BCUT2D eigenvalue weighted by atomic mass is 35.5. The summed E-state index contributed by atoms with van der Waals surface area (Å²) in [7, 11) is 0. The Labute approximate surface area is 109 Å². The summed E-state index contributed by atoms with van der Waals surface area (Å²) in [6.07, 6.45) is 2.71. The molecule has 1 aromatic carbocycles. The highest BCUT2D eigenvalue weighted by molar-refractivity contribution is 6.42. The standard InChI is InChI=1S/C12H9Cl2NO2/c1-2-17-11(16)6-4-8-3-5-10(13)12(14)9(8)7-15/h3-6H,2H2,1H3. The topological polar surface area (TPSA) is 50.1 Å². The van der Waals surface area contributed by atoms with Crippen molar-refractivity contribution in [3.05, 3.63) is 39.4 Å². The number of hydrogen-bond donors (Lipinski definition) is 0. The van der Waals surface area contributed by atoms with Crippen LogP contribution in [0.5, 0.6) is 0 Å². The van der Waals surface area contributed by atoms with Crippen molar-refractivity contribution in [1.82, 2.24) is 0 Å². The van der Waals surface area contributed by atoms with Crippen molar-refractivity contribution in [2.24, 2.45) is 0 Å². The minimum absolute atomic E-state index is 0.181. The Morgan fingerprint density at radius 3 is 2.82 bits per heavy atom. The van der Waals surface area contributed by atoms with Crippen LogP contribution in [-0.2, 0) is 9.53 Å². The summed E-state index contributed by atoms with van der Waals surface area (Å²) in [5, 5.41) is 9.43. The van der Waals surface area contributed by atoms with E-state index in [0.29, 0.717) is 17.2 Å². The van der Waals surface area contributed by atoms with Gasteiger partial charge in [-0.1, -0.05) is 29.3 Å². The van der Waals surface area contributed by atoms with E-state index in [1.54, 1.807) is 19.1 Å². The molecular weight excluding hydrogens is 261 g/mol. The molecule has 5 heteroatoms. The molecular formula is C12H9Cl2NO2. The van der Waals surface area contributed by atoms with E-state index in [0.717, 1.165) is 0 Å². The Kier molecular flexibility index (Phi) is 5.02. The van der Waals surface area contributed by atoms with Crippen molar-refractivity contribution < 1.29 is 9.53 Å². The Morgan fingerprint density at radius 1 is 1.53 bits per heavy atom. The zero-order chi connectivity index (χ0) is 12.8. The van der Waals surface area contributed by atoms with Crippen molar-refractivity contribution in [3.63, 3.8) is 0 Å². The largest absolute Gasteiger partial charge is 0.463 e. The Balaban J connectivity index is 3.04. The van der Waals surface area contributed by atoms with Gasteiger partial charge in [-0.3, -0.25) is 0 Å². The maximum atomic E-state index is 11.1. The molecule has 0 radical (unpaired) electrons. The lowest BCUT2D eigenvalue weighted by Gasteiger charge is -2.02. The van der Waals surface area contributed by atoms with Gasteiger partial charge in [-0.2, -0.15) is 5.26 Å². The van der Waals surface area contributed by atoms with Gasteiger partial charge in [0.05, 0.1) is 22.2 Å². The second-order valence-electron chi connectivity index (χ2n) is 3.02. The number of halogens is 2. The first-order valence-corrected chi connectivity index (χ1v) is 5.58. The van der Waals surface area contributed by atoms with Crippen LogP contribution in [-0.4, -0.2) is 12.6 Å². The van der Waals surface area contributed by atoms with Crippen molar-refractivity contribution in [2.75, 3.05) is 6.61 Å². The summed E-state index contributed by atoms with van der Waals surface area (Å²) < 4.78 is 4.72. The molecule has 1 aromatic rings. The van der Waals surface area contributed by atoms with Gasteiger partial charge in [0.25, 0.3) is 0 Å². The second kappa shape index (κ2) is 6.29. The van der Waals surface area contributed by atoms with E-state index in [2.05, 4.69) is 0 Å². The third kappa shape index (κ3) is 3.48. The van der Waals surface area contributed by atoms with Gasteiger partial charge in [-0.25, -0.2) is 4.79 Å². The van der Waals surface area contributed by atoms with Crippen LogP contribution in [0.25, 0.3) is 6.08 Å². The number of carbonyl (C=O) groups excluding carboxylic acids is 1. The lowest BCUT2D eigenvalue weighted by molar-refractivity contribution is -0.137. The van der Waals surface area contributed by atoms with E-state index in [1.165, 1.54) is 12.2 Å². The first kappa shape index (κ1) is 13.6. The SMILES string of the molecule is CCOC(=O)C=Cc1ccc(Cl)c(Cl)c1C#N. The van der Waals surface area contributed by atoms with Gasteiger partial charge >= 0.3 is 5.97 Å². The second-order valence-corrected chi connectivity index (χ2v) is 3.81. The minimum Gasteiger partial charge on any atom is -0.463 e. The van der Waals surface area contributed by atoms with E-state index < -0.39 is 5.97 Å². The smallest absolute Gasteiger partial charge is 0.330 e. The minimum atomic E-state index is -0.470. The van der Waals surface area contributed by atoms with Crippen LogP contribution in [0.4, 0.5) is 0 Å². The van der Waals surface area contributed by atoms with Crippen LogP contribution in [0, 0.1) is 11.3 Å². The van der Waals surface area contributed by atoms with Crippen LogP contribution < -0.4 is 0 Å². The number of rotatable bonds is 3. The van der Waals surface area contributed by atoms with Crippen molar-refractivity contribution >= 4 is 35.2 Å². The normalized spacial score (nSPS) is 10.2. The van der Waals surface area contributed by atoms with Gasteiger partial charge in [0.2, 0.25) is 0 Å². The summed E-state index contributed by atoms with van der Waals surface area (Å²) in [6, 6.07) is 5.12. The predicted molar refractivity (Wildman–Crippen MR) is 66.8 cm³/mol. The highest BCUT2D eigenvalue weighted by Crippen LogP contribution is 2.28. The Bertz CT molecular complexity index is 504. The quantitative estimate of drug-likeness (QED) is 0.624. The average molecular weight is 270 g/mol. The molecule has 0 saturated carbocycles. The molecule has 88 valence electrons. The number of nitrogens with zero attached hydrogens (tertiary/aromatic N) is 1. The van der Waals surface area contributed by atoms with E-state index in [4.69, 9.17) is 33.2 Å². The molecule has 0 N–H and O–H groups in total. The van der Waals surface area contributed by atoms with Crippen LogP contribution in [0.3, 0.4) is 0 Å². The number of nitriles is 1. The lowest BCUT2D eigenvalue weighted by Crippen LogP contribution is -1.98. The molecule has 0 heterocycles. The Morgan fingerprint density at radius 2 is 2.24 bits per heavy atom. The molecule has 0 amide bonds.